The Hall–Kier alpha value is -1.75. The largest absolute Gasteiger partial charge is 0.378 e. The van der Waals surface area contributed by atoms with Gasteiger partial charge in [0, 0.05) is 31.9 Å². The van der Waals surface area contributed by atoms with Gasteiger partial charge in [-0.25, -0.2) is 4.99 Å². The van der Waals surface area contributed by atoms with E-state index in [2.05, 4.69) is 58.6 Å². The quantitative estimate of drug-likeness (QED) is 0.623. The van der Waals surface area contributed by atoms with Crippen molar-refractivity contribution in [1.82, 2.24) is 10.6 Å². The molecule has 0 bridgehead atoms. The smallest absolute Gasteiger partial charge is 0.191 e. The lowest BCUT2D eigenvalue weighted by molar-refractivity contribution is 0.122. The molecule has 22 heavy (non-hydrogen) atoms. The maximum atomic E-state index is 5.39. The summed E-state index contributed by atoms with van der Waals surface area (Å²) in [5.41, 5.74) is 2.50. The highest BCUT2D eigenvalue weighted by atomic mass is 16.5. The van der Waals surface area contributed by atoms with Gasteiger partial charge in [0.2, 0.25) is 0 Å². The van der Waals surface area contributed by atoms with Crippen LogP contribution in [0.3, 0.4) is 0 Å². The van der Waals surface area contributed by atoms with Gasteiger partial charge in [-0.1, -0.05) is 19.1 Å². The summed E-state index contributed by atoms with van der Waals surface area (Å²) in [7, 11) is 0. The molecule has 1 aromatic rings. The summed E-state index contributed by atoms with van der Waals surface area (Å²) < 4.78 is 5.39. The van der Waals surface area contributed by atoms with Crippen LogP contribution in [0.15, 0.2) is 29.3 Å². The molecule has 0 unspecified atom stereocenters. The normalized spacial score (nSPS) is 15.7. The third-order valence-corrected chi connectivity index (χ3v) is 3.62. The summed E-state index contributed by atoms with van der Waals surface area (Å²) in [4.78, 5) is 6.99. The molecule has 0 radical (unpaired) electrons. The van der Waals surface area contributed by atoms with Crippen molar-refractivity contribution >= 4 is 11.6 Å². The van der Waals surface area contributed by atoms with Crippen LogP contribution < -0.4 is 15.5 Å². The van der Waals surface area contributed by atoms with Crippen molar-refractivity contribution in [2.45, 2.75) is 26.8 Å². The van der Waals surface area contributed by atoms with Crippen LogP contribution in [0.2, 0.25) is 0 Å². The number of ether oxygens (including phenoxy) is 1. The minimum absolute atomic E-state index is 0.697. The first kappa shape index (κ1) is 16.6. The molecule has 0 atom stereocenters. The molecule has 1 saturated heterocycles. The fourth-order valence-corrected chi connectivity index (χ4v) is 2.39. The highest BCUT2D eigenvalue weighted by molar-refractivity contribution is 5.79. The predicted octanol–water partition coefficient (Wildman–Crippen LogP) is 1.99. The van der Waals surface area contributed by atoms with Gasteiger partial charge >= 0.3 is 0 Å². The molecular weight excluding hydrogens is 276 g/mol. The molecule has 2 N–H and O–H groups in total. The van der Waals surface area contributed by atoms with Crippen LogP contribution in [0.5, 0.6) is 0 Å². The van der Waals surface area contributed by atoms with E-state index in [0.29, 0.717) is 6.54 Å². The van der Waals surface area contributed by atoms with E-state index in [4.69, 9.17) is 4.74 Å². The topological polar surface area (TPSA) is 48.9 Å². The molecule has 1 heterocycles. The Balaban J connectivity index is 1.91. The van der Waals surface area contributed by atoms with E-state index in [9.17, 15) is 0 Å². The molecule has 0 aliphatic carbocycles. The first-order chi connectivity index (χ1) is 10.8. The van der Waals surface area contributed by atoms with E-state index in [1.807, 2.05) is 0 Å². The summed E-state index contributed by atoms with van der Waals surface area (Å²) in [5, 5.41) is 6.59. The number of morpholine rings is 1. The van der Waals surface area contributed by atoms with Crippen molar-refractivity contribution in [3.05, 3.63) is 29.8 Å². The number of benzene rings is 1. The lowest BCUT2D eigenvalue weighted by Gasteiger charge is -2.28. The Morgan fingerprint density at radius 1 is 1.14 bits per heavy atom. The number of nitrogens with one attached hydrogen (secondary N) is 2. The second kappa shape index (κ2) is 9.30. The molecule has 5 heteroatoms. The minimum Gasteiger partial charge on any atom is -0.378 e. The fraction of sp³-hybridized carbons (Fsp3) is 0.588. The number of guanidine groups is 1. The van der Waals surface area contributed by atoms with Gasteiger partial charge in [-0.15, -0.1) is 0 Å². The van der Waals surface area contributed by atoms with Crippen molar-refractivity contribution in [2.75, 3.05) is 44.3 Å². The van der Waals surface area contributed by atoms with Crippen molar-refractivity contribution in [3.63, 3.8) is 0 Å². The SMILES string of the molecule is CCCNC(=NCc1ccc(N2CCOCC2)cc1)NCC. The summed E-state index contributed by atoms with van der Waals surface area (Å²) in [6.07, 6.45) is 1.10. The molecule has 0 saturated carbocycles. The number of rotatable bonds is 6. The van der Waals surface area contributed by atoms with Gasteiger partial charge in [0.15, 0.2) is 5.96 Å². The highest BCUT2D eigenvalue weighted by Gasteiger charge is 2.10. The van der Waals surface area contributed by atoms with E-state index in [1.54, 1.807) is 0 Å². The third-order valence-electron chi connectivity index (χ3n) is 3.62. The summed E-state index contributed by atoms with van der Waals surface area (Å²) >= 11 is 0. The van der Waals surface area contributed by atoms with Gasteiger partial charge in [-0.05, 0) is 31.0 Å². The van der Waals surface area contributed by atoms with Gasteiger partial charge in [-0.3, -0.25) is 0 Å². The molecule has 2 rings (SSSR count). The number of anilines is 1. The second-order valence-corrected chi connectivity index (χ2v) is 5.39. The van der Waals surface area contributed by atoms with Crippen LogP contribution in [-0.2, 0) is 11.3 Å². The molecule has 0 amide bonds. The molecule has 122 valence electrons. The number of hydrogen-bond donors (Lipinski definition) is 2. The number of aliphatic imine (C=N–C) groups is 1. The van der Waals surface area contributed by atoms with Gasteiger partial charge in [0.1, 0.15) is 0 Å². The lowest BCUT2D eigenvalue weighted by atomic mass is 10.2. The standard InChI is InChI=1S/C17H28N4O/c1-3-9-19-17(18-4-2)20-14-15-5-7-16(8-6-15)21-10-12-22-13-11-21/h5-8H,3-4,9-14H2,1-2H3,(H2,18,19,20). The maximum absolute atomic E-state index is 5.39. The zero-order chi connectivity index (χ0) is 15.6. The number of nitrogens with zero attached hydrogens (tertiary/aromatic N) is 2. The Labute approximate surface area is 133 Å². The van der Waals surface area contributed by atoms with Crippen LogP contribution >= 0.6 is 0 Å². The summed E-state index contributed by atoms with van der Waals surface area (Å²) in [5.74, 6) is 0.890. The van der Waals surface area contributed by atoms with E-state index in [1.165, 1.54) is 11.3 Å². The zero-order valence-electron chi connectivity index (χ0n) is 13.8. The zero-order valence-corrected chi connectivity index (χ0v) is 13.8. The van der Waals surface area contributed by atoms with Gasteiger partial charge in [0.25, 0.3) is 0 Å². The van der Waals surface area contributed by atoms with E-state index < -0.39 is 0 Å². The second-order valence-electron chi connectivity index (χ2n) is 5.39. The van der Waals surface area contributed by atoms with Gasteiger partial charge in [0.05, 0.1) is 19.8 Å². The Morgan fingerprint density at radius 3 is 2.50 bits per heavy atom. The molecule has 1 aromatic carbocycles. The lowest BCUT2D eigenvalue weighted by Crippen LogP contribution is -2.37. The predicted molar refractivity (Wildman–Crippen MR) is 92.6 cm³/mol. The molecule has 1 fully saturated rings. The molecule has 1 aliphatic rings. The summed E-state index contributed by atoms with van der Waals surface area (Å²) in [6.45, 7) is 10.4. The van der Waals surface area contributed by atoms with Crippen molar-refractivity contribution in [1.29, 1.82) is 0 Å². The molecule has 0 aromatic heterocycles. The molecule has 5 nitrogen and oxygen atoms in total. The summed E-state index contributed by atoms with van der Waals surface area (Å²) in [6, 6.07) is 8.69. The van der Waals surface area contributed by atoms with Crippen LogP contribution in [0.4, 0.5) is 5.69 Å². The molecular formula is C17H28N4O. The average molecular weight is 304 g/mol. The Morgan fingerprint density at radius 2 is 1.86 bits per heavy atom. The van der Waals surface area contributed by atoms with Gasteiger partial charge < -0.3 is 20.3 Å². The maximum Gasteiger partial charge on any atom is 0.191 e. The monoisotopic (exact) mass is 304 g/mol. The number of hydrogen-bond acceptors (Lipinski definition) is 3. The first-order valence-electron chi connectivity index (χ1n) is 8.27. The van der Waals surface area contributed by atoms with E-state index in [0.717, 1.165) is 51.8 Å². The highest BCUT2D eigenvalue weighted by Crippen LogP contribution is 2.17. The van der Waals surface area contributed by atoms with Crippen LogP contribution in [-0.4, -0.2) is 45.4 Å². The van der Waals surface area contributed by atoms with Crippen LogP contribution in [0.1, 0.15) is 25.8 Å². The third kappa shape index (κ3) is 5.22. The van der Waals surface area contributed by atoms with Crippen molar-refractivity contribution < 1.29 is 4.74 Å². The van der Waals surface area contributed by atoms with E-state index in [-0.39, 0.29) is 0 Å². The Kier molecular flexibility index (Phi) is 7.03. The minimum atomic E-state index is 0.697. The average Bonchev–Trinajstić information content (AvgIpc) is 2.58. The van der Waals surface area contributed by atoms with Crippen molar-refractivity contribution in [2.24, 2.45) is 4.99 Å². The Bertz CT molecular complexity index is 452. The van der Waals surface area contributed by atoms with Gasteiger partial charge in [-0.2, -0.15) is 0 Å². The van der Waals surface area contributed by atoms with Crippen LogP contribution in [0, 0.1) is 0 Å². The molecule has 0 spiro atoms. The first-order valence-corrected chi connectivity index (χ1v) is 8.27. The fourth-order valence-electron chi connectivity index (χ4n) is 2.39. The molecule has 1 aliphatic heterocycles. The van der Waals surface area contributed by atoms with Crippen molar-refractivity contribution in [3.8, 4) is 0 Å². The van der Waals surface area contributed by atoms with Crippen LogP contribution in [0.25, 0.3) is 0 Å². The van der Waals surface area contributed by atoms with E-state index >= 15 is 0 Å².